The number of hydrogen-bond donors (Lipinski definition) is 0. The van der Waals surface area contributed by atoms with Gasteiger partial charge in [-0.1, -0.05) is 0 Å². The number of aromatic nitrogens is 2. The summed E-state index contributed by atoms with van der Waals surface area (Å²) in [5, 5.41) is 0.923. The maximum Gasteiger partial charge on any atom is 0.265 e. The molecular weight excluding hydrogens is 398 g/mol. The van der Waals surface area contributed by atoms with Crippen LogP contribution < -0.4 is 0 Å². The molecule has 1 atom stereocenters. The zero-order valence-corrected chi connectivity index (χ0v) is 18.7. The Balaban J connectivity index is 1.42. The van der Waals surface area contributed by atoms with Crippen LogP contribution in [0.1, 0.15) is 55.2 Å². The highest BCUT2D eigenvalue weighted by atomic mass is 32.1. The molecule has 2 aliphatic rings. The van der Waals surface area contributed by atoms with Gasteiger partial charge in [-0.25, -0.2) is 4.98 Å². The molecule has 2 fully saturated rings. The van der Waals surface area contributed by atoms with Gasteiger partial charge in [0.2, 0.25) is 0 Å². The Labute approximate surface area is 181 Å². The number of carbonyl (C=O) groups is 2. The molecule has 0 N–H and O–H groups in total. The van der Waals surface area contributed by atoms with Crippen molar-refractivity contribution in [3.8, 4) is 0 Å². The van der Waals surface area contributed by atoms with Gasteiger partial charge < -0.3 is 14.7 Å². The Morgan fingerprint density at radius 1 is 1.03 bits per heavy atom. The largest absolute Gasteiger partial charge is 0.337 e. The van der Waals surface area contributed by atoms with Crippen molar-refractivity contribution in [3.63, 3.8) is 0 Å². The lowest BCUT2D eigenvalue weighted by Crippen LogP contribution is -2.47. The summed E-state index contributed by atoms with van der Waals surface area (Å²) in [6.07, 6.45) is 3.66. The van der Waals surface area contributed by atoms with Gasteiger partial charge >= 0.3 is 0 Å². The number of amides is 2. The lowest BCUT2D eigenvalue weighted by atomic mass is 9.93. The van der Waals surface area contributed by atoms with E-state index in [-0.39, 0.29) is 17.7 Å². The van der Waals surface area contributed by atoms with Gasteiger partial charge in [-0.05, 0) is 45.9 Å². The Kier molecular flexibility index (Phi) is 6.15. The second kappa shape index (κ2) is 8.81. The third-order valence-electron chi connectivity index (χ3n) is 6.05. The molecule has 2 aromatic heterocycles. The Morgan fingerprint density at radius 3 is 2.43 bits per heavy atom. The molecule has 0 spiro atoms. The molecule has 0 bridgehead atoms. The molecule has 0 unspecified atom stereocenters. The Morgan fingerprint density at radius 2 is 1.80 bits per heavy atom. The van der Waals surface area contributed by atoms with Crippen LogP contribution in [0.5, 0.6) is 0 Å². The second-order valence-corrected chi connectivity index (χ2v) is 9.51. The summed E-state index contributed by atoms with van der Waals surface area (Å²) in [6.45, 7) is 8.59. The van der Waals surface area contributed by atoms with Gasteiger partial charge in [0.25, 0.3) is 11.8 Å². The average molecular weight is 428 g/mol. The van der Waals surface area contributed by atoms with E-state index < -0.39 is 0 Å². The zero-order valence-electron chi connectivity index (χ0n) is 17.9. The van der Waals surface area contributed by atoms with Gasteiger partial charge in [-0.3, -0.25) is 14.6 Å². The smallest absolute Gasteiger partial charge is 0.265 e. The summed E-state index contributed by atoms with van der Waals surface area (Å²) in [5.41, 5.74) is 2.41. The molecule has 2 saturated heterocycles. The molecule has 2 aliphatic heterocycles. The molecular formula is C22H29N5O2S. The van der Waals surface area contributed by atoms with Crippen LogP contribution in [-0.4, -0.2) is 82.8 Å². The number of carbonyl (C=O) groups excluding carboxylic acids is 2. The first-order chi connectivity index (χ1) is 14.4. The van der Waals surface area contributed by atoms with Crippen LogP contribution in [0.2, 0.25) is 0 Å². The maximum absolute atomic E-state index is 13.0. The van der Waals surface area contributed by atoms with Crippen molar-refractivity contribution in [1.82, 2.24) is 24.7 Å². The van der Waals surface area contributed by atoms with Crippen molar-refractivity contribution in [2.24, 2.45) is 0 Å². The van der Waals surface area contributed by atoms with Crippen molar-refractivity contribution in [3.05, 3.63) is 45.2 Å². The predicted octanol–water partition coefficient (Wildman–Crippen LogP) is 2.56. The normalized spacial score (nSPS) is 20.4. The maximum atomic E-state index is 13.0. The first kappa shape index (κ1) is 20.9. The highest BCUT2D eigenvalue weighted by Gasteiger charge is 2.28. The molecule has 4 heterocycles. The van der Waals surface area contributed by atoms with Gasteiger partial charge in [0.1, 0.15) is 4.88 Å². The molecule has 0 saturated carbocycles. The lowest BCUT2D eigenvalue weighted by molar-refractivity contribution is 0.0663. The van der Waals surface area contributed by atoms with Crippen molar-refractivity contribution in [1.29, 1.82) is 0 Å². The number of aryl methyl sites for hydroxylation is 2. The number of thiazole rings is 1. The Bertz CT molecular complexity index is 918. The molecule has 30 heavy (non-hydrogen) atoms. The first-order valence-electron chi connectivity index (χ1n) is 10.6. The minimum absolute atomic E-state index is 0.0543. The molecule has 7 nitrogen and oxygen atoms in total. The van der Waals surface area contributed by atoms with Gasteiger partial charge in [0, 0.05) is 57.1 Å². The number of likely N-dealkylation sites (N-methyl/N-ethyl adjacent to an activating group) is 1. The van der Waals surface area contributed by atoms with Gasteiger partial charge in [-0.2, -0.15) is 0 Å². The van der Waals surface area contributed by atoms with E-state index in [1.807, 2.05) is 35.8 Å². The molecule has 2 aromatic rings. The average Bonchev–Trinajstić information content (AvgIpc) is 3.11. The van der Waals surface area contributed by atoms with Crippen molar-refractivity contribution in [2.45, 2.75) is 32.6 Å². The number of piperazine rings is 1. The van der Waals surface area contributed by atoms with E-state index in [9.17, 15) is 9.59 Å². The summed E-state index contributed by atoms with van der Waals surface area (Å²) in [7, 11) is 2.08. The zero-order chi connectivity index (χ0) is 21.3. The van der Waals surface area contributed by atoms with E-state index in [0.717, 1.165) is 66.8 Å². The summed E-state index contributed by atoms with van der Waals surface area (Å²) in [5.74, 6) is 0.327. The molecule has 4 rings (SSSR count). The summed E-state index contributed by atoms with van der Waals surface area (Å²) < 4.78 is 0. The van der Waals surface area contributed by atoms with Crippen molar-refractivity contribution >= 4 is 23.2 Å². The molecule has 0 aromatic carbocycles. The molecule has 0 aliphatic carbocycles. The van der Waals surface area contributed by atoms with Gasteiger partial charge in [0.05, 0.1) is 16.3 Å². The fourth-order valence-corrected chi connectivity index (χ4v) is 5.13. The molecule has 2 amide bonds. The topological polar surface area (TPSA) is 69.6 Å². The van der Waals surface area contributed by atoms with E-state index in [1.54, 1.807) is 6.20 Å². The number of nitrogens with zero attached hydrogens (tertiary/aromatic N) is 5. The van der Waals surface area contributed by atoms with Gasteiger partial charge in [0.15, 0.2) is 0 Å². The number of pyridine rings is 1. The van der Waals surface area contributed by atoms with E-state index in [1.165, 1.54) is 11.3 Å². The second-order valence-electron chi connectivity index (χ2n) is 8.30. The van der Waals surface area contributed by atoms with Crippen LogP contribution in [-0.2, 0) is 0 Å². The van der Waals surface area contributed by atoms with Crippen LogP contribution >= 0.6 is 11.3 Å². The summed E-state index contributed by atoms with van der Waals surface area (Å²) >= 11 is 1.47. The highest BCUT2D eigenvalue weighted by Crippen LogP contribution is 2.28. The number of rotatable bonds is 3. The van der Waals surface area contributed by atoms with Crippen molar-refractivity contribution in [2.75, 3.05) is 46.3 Å². The highest BCUT2D eigenvalue weighted by molar-refractivity contribution is 7.13. The SMILES string of the molecule is Cc1nc(C)c(C(=O)N2CCC[C@@H](c3ccc(C(=O)N4CCN(C)CC4)cn3)C2)s1. The third-order valence-corrected chi connectivity index (χ3v) is 7.11. The molecule has 8 heteroatoms. The summed E-state index contributed by atoms with van der Waals surface area (Å²) in [6, 6.07) is 3.85. The van der Waals surface area contributed by atoms with Crippen LogP contribution in [0.25, 0.3) is 0 Å². The van der Waals surface area contributed by atoms with Crippen LogP contribution in [0.3, 0.4) is 0 Å². The predicted molar refractivity (Wildman–Crippen MR) is 117 cm³/mol. The fraction of sp³-hybridized carbons (Fsp3) is 0.545. The fourth-order valence-electron chi connectivity index (χ4n) is 4.24. The van der Waals surface area contributed by atoms with E-state index in [4.69, 9.17) is 0 Å². The Hall–Kier alpha value is -2.32. The molecule has 160 valence electrons. The minimum Gasteiger partial charge on any atom is -0.337 e. The van der Waals surface area contributed by atoms with E-state index in [2.05, 4.69) is 21.9 Å². The first-order valence-corrected chi connectivity index (χ1v) is 11.4. The monoisotopic (exact) mass is 427 g/mol. The number of hydrogen-bond acceptors (Lipinski definition) is 6. The van der Waals surface area contributed by atoms with Crippen LogP contribution in [0.15, 0.2) is 18.3 Å². The number of likely N-dealkylation sites (tertiary alicyclic amines) is 1. The van der Waals surface area contributed by atoms with Crippen molar-refractivity contribution < 1.29 is 9.59 Å². The minimum atomic E-state index is 0.0543. The number of piperidine rings is 1. The van der Waals surface area contributed by atoms with E-state index in [0.29, 0.717) is 12.1 Å². The lowest BCUT2D eigenvalue weighted by Gasteiger charge is -2.33. The van der Waals surface area contributed by atoms with Gasteiger partial charge in [-0.15, -0.1) is 11.3 Å². The van der Waals surface area contributed by atoms with E-state index >= 15 is 0 Å². The third kappa shape index (κ3) is 4.39. The van der Waals surface area contributed by atoms with Crippen LogP contribution in [0, 0.1) is 13.8 Å². The standard InChI is InChI=1S/C22H29N5O2S/c1-15-20(30-16(2)24-15)22(29)27-8-4-5-18(14-27)19-7-6-17(13-23-19)21(28)26-11-9-25(3)10-12-26/h6-7,13,18H,4-5,8-12,14H2,1-3H3/t18-/m1/s1. The summed E-state index contributed by atoms with van der Waals surface area (Å²) in [4.78, 5) is 41.5. The quantitative estimate of drug-likeness (QED) is 0.753. The van der Waals surface area contributed by atoms with Crippen LogP contribution in [0.4, 0.5) is 0 Å². The molecule has 0 radical (unpaired) electrons.